The fourth-order valence-corrected chi connectivity index (χ4v) is 11.0. The van der Waals surface area contributed by atoms with Crippen molar-refractivity contribution in [2.45, 2.75) is 114 Å². The fourth-order valence-electron chi connectivity index (χ4n) is 8.71. The molecule has 4 aromatic carbocycles. The Balaban J connectivity index is 1.39. The molecule has 23 heteroatoms. The molecule has 1 fully saturated rings. The van der Waals surface area contributed by atoms with E-state index in [1.54, 1.807) is 32.2 Å². The van der Waals surface area contributed by atoms with E-state index in [0.29, 0.717) is 24.0 Å². The topological polar surface area (TPSA) is 355 Å². The highest BCUT2D eigenvalue weighted by Crippen LogP contribution is 2.25. The van der Waals surface area contributed by atoms with E-state index in [9.17, 15) is 48.6 Å². The highest BCUT2D eigenvalue weighted by molar-refractivity contribution is 8.76. The van der Waals surface area contributed by atoms with Crippen LogP contribution in [0.1, 0.15) is 56.7 Å². The van der Waals surface area contributed by atoms with E-state index in [2.05, 4.69) is 42.2 Å². The molecule has 9 atom stereocenters. The number of H-pyrrole nitrogens is 1. The summed E-state index contributed by atoms with van der Waals surface area (Å²) in [6, 6.07) is 15.8. The second-order valence-electron chi connectivity index (χ2n) is 19.4. The quantitative estimate of drug-likeness (QED) is 0.0453. The predicted octanol–water partition coefficient (Wildman–Crippen LogP) is 0.822. The number of amides is 8. The minimum atomic E-state index is -1.55. The number of primary amides is 1. The third kappa shape index (κ3) is 16.9. The van der Waals surface area contributed by atoms with Gasteiger partial charge in [-0.25, -0.2) is 0 Å². The number of carbonyl (C=O) groups is 8. The van der Waals surface area contributed by atoms with E-state index in [4.69, 9.17) is 17.2 Å². The maximum absolute atomic E-state index is 14.9. The van der Waals surface area contributed by atoms with Crippen LogP contribution in [0.5, 0.6) is 5.75 Å². The lowest BCUT2D eigenvalue weighted by atomic mass is 10.00. The molecule has 1 aliphatic rings. The molecule has 0 aliphatic carbocycles. The van der Waals surface area contributed by atoms with Crippen LogP contribution in [0.15, 0.2) is 97.2 Å². The van der Waals surface area contributed by atoms with E-state index in [1.807, 2.05) is 66.7 Å². The Labute approximate surface area is 453 Å². The van der Waals surface area contributed by atoms with Crippen molar-refractivity contribution in [3.05, 3.63) is 114 Å². The molecule has 6 rings (SSSR count). The number of para-hydroxylation sites is 1. The molecule has 1 aromatic heterocycles. The normalized spacial score (nSPS) is 21.6. The summed E-state index contributed by atoms with van der Waals surface area (Å²) in [5, 5.41) is 42.1. The largest absolute Gasteiger partial charge is 0.508 e. The number of hydrogen-bond donors (Lipinski definition) is 13. The first-order valence-corrected chi connectivity index (χ1v) is 27.9. The molecule has 21 nitrogen and oxygen atoms in total. The zero-order valence-corrected chi connectivity index (χ0v) is 44.7. The Kier molecular flexibility index (Phi) is 21.7. The third-order valence-corrected chi connectivity index (χ3v) is 15.5. The van der Waals surface area contributed by atoms with Gasteiger partial charge in [-0.3, -0.25) is 38.4 Å². The van der Waals surface area contributed by atoms with Crippen LogP contribution in [0, 0.1) is 5.92 Å². The SMILES string of the molecule is CC(C)C1NC(=O)C(CCCCN)NC(=O)C(Cc2c[nH]c3ccccc23)NC(=O)C(Cc2ccc(O)cc2)NC(=O)C(NC(=O)C(N)Cc2ccc3ccccc3c2)CSSCC(C(=O)NC(C(N)=O)C(C)O)NC1=O. The van der Waals surface area contributed by atoms with Crippen molar-refractivity contribution in [3.8, 4) is 5.75 Å². The van der Waals surface area contributed by atoms with Crippen molar-refractivity contribution in [1.82, 2.24) is 42.2 Å². The highest BCUT2D eigenvalue weighted by Gasteiger charge is 2.36. The van der Waals surface area contributed by atoms with E-state index in [0.717, 1.165) is 48.8 Å². The Morgan fingerprint density at radius 2 is 1.34 bits per heavy atom. The fraction of sp³-hybridized carbons (Fsp3) is 0.407. The Hall–Kier alpha value is -7.18. The second-order valence-corrected chi connectivity index (χ2v) is 22.0. The number of aromatic nitrogens is 1. The molecule has 9 unspecified atom stereocenters. The Bertz CT molecular complexity index is 2890. The molecule has 5 aromatic rings. The third-order valence-electron chi connectivity index (χ3n) is 13.1. The van der Waals surface area contributed by atoms with Crippen molar-refractivity contribution < 1.29 is 48.6 Å². The van der Waals surface area contributed by atoms with Gasteiger partial charge in [-0.15, -0.1) is 0 Å². The number of phenolic OH excluding ortho intramolecular Hbond substituents is 1. The molecule has 2 heterocycles. The highest BCUT2D eigenvalue weighted by atomic mass is 33.1. The monoisotopic (exact) mass is 1100 g/mol. The number of aliphatic hydroxyl groups is 1. The number of rotatable bonds is 17. The number of aromatic hydroxyl groups is 1. The van der Waals surface area contributed by atoms with Crippen molar-refractivity contribution in [1.29, 1.82) is 0 Å². The van der Waals surface area contributed by atoms with Crippen LogP contribution in [0.25, 0.3) is 21.7 Å². The zero-order chi connectivity index (χ0) is 55.8. The van der Waals surface area contributed by atoms with Crippen molar-refractivity contribution in [3.63, 3.8) is 0 Å². The van der Waals surface area contributed by atoms with Gasteiger partial charge in [-0.1, -0.05) is 108 Å². The van der Waals surface area contributed by atoms with Gasteiger partial charge in [-0.2, -0.15) is 0 Å². The number of nitrogens with one attached hydrogen (secondary N) is 8. The molecule has 1 aliphatic heterocycles. The van der Waals surface area contributed by atoms with E-state index in [-0.39, 0.29) is 49.5 Å². The van der Waals surface area contributed by atoms with Gasteiger partial charge in [-0.05, 0) is 90.7 Å². The molecule has 16 N–H and O–H groups in total. The van der Waals surface area contributed by atoms with Crippen LogP contribution in [0.3, 0.4) is 0 Å². The number of aromatic amines is 1. The van der Waals surface area contributed by atoms with Gasteiger partial charge in [0.2, 0.25) is 47.3 Å². The molecule has 0 spiro atoms. The maximum atomic E-state index is 14.9. The number of nitrogens with two attached hydrogens (primary N) is 3. The van der Waals surface area contributed by atoms with Crippen LogP contribution in [0.2, 0.25) is 0 Å². The minimum absolute atomic E-state index is 0.0501. The summed E-state index contributed by atoms with van der Waals surface area (Å²) < 4.78 is 0. The van der Waals surface area contributed by atoms with Crippen LogP contribution in [-0.2, 0) is 57.6 Å². The standard InChI is InChI=1S/C54H69N11O10S2/c1-29(2)45-54(75)63-44(53(74)65-46(30(3)66)47(57)68)28-77-76-27-43(62-48(69)38(56)23-32-15-18-33-10-4-5-11-34(33)22-32)52(73)60-41(24-31-16-19-36(67)20-17-31)50(71)61-42(25-35-26-58-39-13-7-6-12-37(35)39)51(72)59-40(49(70)64-45)14-8-9-21-55/h4-7,10-13,15-20,22,26,29-30,38,40-46,58,66-67H,8-9,14,21,23-25,27-28,55-56H2,1-3H3,(H2,57,68)(H,59,72)(H,60,73)(H,61,71)(H,62,69)(H,63,75)(H,64,70)(H,65,74). The van der Waals surface area contributed by atoms with Crippen molar-refractivity contribution in [2.75, 3.05) is 18.1 Å². The number of hydrogen-bond acceptors (Lipinski definition) is 14. The van der Waals surface area contributed by atoms with Crippen molar-refractivity contribution >= 4 is 90.5 Å². The number of phenols is 1. The molecule has 0 saturated carbocycles. The van der Waals surface area contributed by atoms with Crippen LogP contribution < -0.4 is 54.4 Å². The zero-order valence-electron chi connectivity index (χ0n) is 43.1. The molecule has 77 heavy (non-hydrogen) atoms. The summed E-state index contributed by atoms with van der Waals surface area (Å²) >= 11 is 0. The summed E-state index contributed by atoms with van der Waals surface area (Å²) in [7, 11) is 2.03. The number of fused-ring (bicyclic) bond motifs is 2. The van der Waals surface area contributed by atoms with Gasteiger partial charge < -0.3 is 69.6 Å². The average molecular weight is 1100 g/mol. The predicted molar refractivity (Wildman–Crippen MR) is 296 cm³/mol. The van der Waals surface area contributed by atoms with Gasteiger partial charge in [0.05, 0.1) is 12.1 Å². The van der Waals surface area contributed by atoms with Crippen LogP contribution >= 0.6 is 21.6 Å². The first kappa shape index (κ1) is 59.1. The molecular weight excluding hydrogens is 1030 g/mol. The summed E-state index contributed by atoms with van der Waals surface area (Å²) in [5.41, 5.74) is 20.5. The van der Waals surface area contributed by atoms with E-state index < -0.39 is 108 Å². The smallest absolute Gasteiger partial charge is 0.244 e. The summed E-state index contributed by atoms with van der Waals surface area (Å²) in [5.74, 6) is -7.66. The van der Waals surface area contributed by atoms with Gasteiger partial charge >= 0.3 is 0 Å². The van der Waals surface area contributed by atoms with Crippen LogP contribution in [-0.4, -0.2) is 135 Å². The molecule has 8 amide bonds. The molecule has 1 saturated heterocycles. The summed E-state index contributed by atoms with van der Waals surface area (Å²) in [6.07, 6.45) is 1.05. The average Bonchev–Trinajstić information content (AvgIpc) is 3.81. The number of unbranched alkanes of at least 4 members (excludes halogenated alkanes) is 1. The lowest BCUT2D eigenvalue weighted by molar-refractivity contribution is -0.136. The number of aliphatic hydroxyl groups excluding tert-OH is 1. The molecular formula is C54H69N11O10S2. The second kappa shape index (κ2) is 28.3. The number of carbonyl (C=O) groups excluding carboxylic acids is 8. The van der Waals surface area contributed by atoms with E-state index in [1.165, 1.54) is 19.1 Å². The van der Waals surface area contributed by atoms with Crippen molar-refractivity contribution in [2.24, 2.45) is 23.1 Å². The first-order valence-electron chi connectivity index (χ1n) is 25.4. The summed E-state index contributed by atoms with van der Waals surface area (Å²) in [4.78, 5) is 116. The van der Waals surface area contributed by atoms with E-state index >= 15 is 0 Å². The van der Waals surface area contributed by atoms with Crippen LogP contribution in [0.4, 0.5) is 0 Å². The van der Waals surface area contributed by atoms with Gasteiger partial charge in [0.25, 0.3) is 0 Å². The Morgan fingerprint density at radius 3 is 2.03 bits per heavy atom. The Morgan fingerprint density at radius 1 is 0.714 bits per heavy atom. The lowest BCUT2D eigenvalue weighted by Gasteiger charge is -2.29. The van der Waals surface area contributed by atoms with Gasteiger partial charge in [0, 0.05) is 41.4 Å². The first-order chi connectivity index (χ1) is 36.8. The number of benzene rings is 4. The minimum Gasteiger partial charge on any atom is -0.508 e. The molecule has 0 bridgehead atoms. The molecule has 412 valence electrons. The maximum Gasteiger partial charge on any atom is 0.244 e. The van der Waals surface area contributed by atoms with Gasteiger partial charge in [0.15, 0.2) is 0 Å². The van der Waals surface area contributed by atoms with Gasteiger partial charge in [0.1, 0.15) is 48.0 Å². The summed E-state index contributed by atoms with van der Waals surface area (Å²) in [6.45, 7) is 4.85. The lowest BCUT2D eigenvalue weighted by Crippen LogP contribution is -2.62. The molecule has 0 radical (unpaired) electrons.